The highest BCUT2D eigenvalue weighted by molar-refractivity contribution is 5.92. The largest absolute Gasteiger partial charge is 0.494 e. The zero-order valence-electron chi connectivity index (χ0n) is 20.2. The van der Waals surface area contributed by atoms with E-state index in [2.05, 4.69) is 9.97 Å². The number of fused-ring (bicyclic) bond motifs is 1. The Balaban J connectivity index is 1.39. The molecule has 3 aromatic carbocycles. The molecule has 0 radical (unpaired) electrons. The van der Waals surface area contributed by atoms with Crippen molar-refractivity contribution in [1.82, 2.24) is 14.9 Å². The van der Waals surface area contributed by atoms with Crippen molar-refractivity contribution >= 4 is 22.8 Å². The normalized spacial score (nSPS) is 10.7. The van der Waals surface area contributed by atoms with E-state index in [0.717, 1.165) is 11.3 Å². The van der Waals surface area contributed by atoms with Crippen LogP contribution in [-0.4, -0.2) is 47.0 Å². The van der Waals surface area contributed by atoms with Crippen LogP contribution in [0, 0.1) is 0 Å². The summed E-state index contributed by atoms with van der Waals surface area (Å²) in [5.41, 5.74) is 2.23. The van der Waals surface area contributed by atoms with Gasteiger partial charge in [-0.25, -0.2) is 9.78 Å². The van der Waals surface area contributed by atoms with Gasteiger partial charge in [0.1, 0.15) is 11.6 Å². The number of esters is 1. The number of H-pyrrole nitrogens is 1. The number of carbonyl (C=O) groups is 2. The first kappa shape index (κ1) is 24.7. The van der Waals surface area contributed by atoms with Crippen molar-refractivity contribution < 1.29 is 19.1 Å². The van der Waals surface area contributed by atoms with Gasteiger partial charge in [-0.05, 0) is 48.4 Å². The van der Waals surface area contributed by atoms with Crippen LogP contribution in [0.25, 0.3) is 10.9 Å². The molecule has 1 N–H and O–H groups in total. The summed E-state index contributed by atoms with van der Waals surface area (Å²) in [4.78, 5) is 46.6. The highest BCUT2D eigenvalue weighted by Gasteiger charge is 2.17. The third-order valence-corrected chi connectivity index (χ3v) is 5.66. The average Bonchev–Trinajstić information content (AvgIpc) is 2.88. The standard InChI is InChI=1S/C28H27N3O5/c1-3-35-21-14-12-19(13-15-21)17-31(2)26(32)18-36-28(34)22-9-5-4-8-20(22)16-25-29-24-11-7-6-10-23(24)27(33)30-25/h4-15H,3,16-18H2,1-2H3,(H,29,30,33). The van der Waals surface area contributed by atoms with E-state index in [1.165, 1.54) is 4.90 Å². The molecule has 0 fully saturated rings. The fourth-order valence-electron chi connectivity index (χ4n) is 3.81. The number of nitrogens with one attached hydrogen (secondary N) is 1. The van der Waals surface area contributed by atoms with Crippen molar-refractivity contribution in [3.63, 3.8) is 0 Å². The molecule has 36 heavy (non-hydrogen) atoms. The highest BCUT2D eigenvalue weighted by Crippen LogP contribution is 2.16. The van der Waals surface area contributed by atoms with Crippen LogP contribution in [0.4, 0.5) is 0 Å². The van der Waals surface area contributed by atoms with Crippen molar-refractivity contribution in [3.8, 4) is 5.75 Å². The van der Waals surface area contributed by atoms with Gasteiger partial charge in [0.25, 0.3) is 11.5 Å². The lowest BCUT2D eigenvalue weighted by Gasteiger charge is -2.18. The second-order valence-corrected chi connectivity index (χ2v) is 8.27. The Morgan fingerprint density at radius 3 is 2.47 bits per heavy atom. The Bertz CT molecular complexity index is 1430. The molecule has 4 rings (SSSR count). The van der Waals surface area contributed by atoms with Crippen LogP contribution >= 0.6 is 0 Å². The van der Waals surface area contributed by atoms with Gasteiger partial charge in [-0.2, -0.15) is 0 Å². The van der Waals surface area contributed by atoms with Crippen LogP contribution in [0.5, 0.6) is 5.75 Å². The van der Waals surface area contributed by atoms with Gasteiger partial charge in [0.15, 0.2) is 6.61 Å². The van der Waals surface area contributed by atoms with E-state index in [1.807, 2.05) is 37.3 Å². The van der Waals surface area contributed by atoms with E-state index in [4.69, 9.17) is 9.47 Å². The Labute approximate surface area is 208 Å². The van der Waals surface area contributed by atoms with Gasteiger partial charge < -0.3 is 19.4 Å². The number of carbonyl (C=O) groups excluding carboxylic acids is 2. The number of aromatic amines is 1. The number of ether oxygens (including phenoxy) is 2. The lowest BCUT2D eigenvalue weighted by Crippen LogP contribution is -2.31. The average molecular weight is 486 g/mol. The lowest BCUT2D eigenvalue weighted by molar-refractivity contribution is -0.133. The molecule has 0 unspecified atom stereocenters. The van der Waals surface area contributed by atoms with Gasteiger partial charge in [-0.15, -0.1) is 0 Å². The third kappa shape index (κ3) is 5.96. The Kier molecular flexibility index (Phi) is 7.75. The molecule has 1 amide bonds. The molecular formula is C28H27N3O5. The van der Waals surface area contributed by atoms with Gasteiger partial charge in [0.2, 0.25) is 0 Å². The number of aromatic nitrogens is 2. The van der Waals surface area contributed by atoms with Crippen molar-refractivity contribution in [2.45, 2.75) is 19.9 Å². The molecule has 4 aromatic rings. The molecule has 0 saturated heterocycles. The predicted octanol–water partition coefficient (Wildman–Crippen LogP) is 3.73. The number of amides is 1. The summed E-state index contributed by atoms with van der Waals surface area (Å²) in [6.45, 7) is 2.50. The maximum absolute atomic E-state index is 12.8. The minimum absolute atomic E-state index is 0.233. The van der Waals surface area contributed by atoms with E-state index in [9.17, 15) is 14.4 Å². The minimum atomic E-state index is -0.614. The monoisotopic (exact) mass is 485 g/mol. The summed E-state index contributed by atoms with van der Waals surface area (Å²) < 4.78 is 10.8. The van der Waals surface area contributed by atoms with Crippen LogP contribution < -0.4 is 10.3 Å². The number of hydrogen-bond donors (Lipinski definition) is 1. The second-order valence-electron chi connectivity index (χ2n) is 8.27. The first-order valence-corrected chi connectivity index (χ1v) is 11.6. The number of likely N-dealkylation sites (N-methyl/N-ethyl adjacent to an activating group) is 1. The predicted molar refractivity (Wildman–Crippen MR) is 136 cm³/mol. The maximum atomic E-state index is 12.8. The molecule has 0 aliphatic heterocycles. The summed E-state index contributed by atoms with van der Waals surface area (Å²) >= 11 is 0. The fourth-order valence-corrected chi connectivity index (χ4v) is 3.81. The fraction of sp³-hybridized carbons (Fsp3) is 0.214. The highest BCUT2D eigenvalue weighted by atomic mass is 16.5. The van der Waals surface area contributed by atoms with Gasteiger partial charge in [0.05, 0.1) is 23.1 Å². The third-order valence-electron chi connectivity index (χ3n) is 5.66. The van der Waals surface area contributed by atoms with Crippen molar-refractivity contribution in [2.24, 2.45) is 0 Å². The van der Waals surface area contributed by atoms with Crippen LogP contribution in [0.3, 0.4) is 0 Å². The molecule has 8 heteroatoms. The first-order valence-electron chi connectivity index (χ1n) is 11.6. The molecule has 1 heterocycles. The van der Waals surface area contributed by atoms with Crippen molar-refractivity contribution in [3.05, 3.63) is 106 Å². The Hall–Kier alpha value is -4.46. The smallest absolute Gasteiger partial charge is 0.338 e. The second kappa shape index (κ2) is 11.3. The molecule has 8 nitrogen and oxygen atoms in total. The minimum Gasteiger partial charge on any atom is -0.494 e. The van der Waals surface area contributed by atoms with E-state index in [1.54, 1.807) is 49.5 Å². The number of para-hydroxylation sites is 1. The molecular weight excluding hydrogens is 458 g/mol. The van der Waals surface area contributed by atoms with Gasteiger partial charge in [-0.1, -0.05) is 42.5 Å². The maximum Gasteiger partial charge on any atom is 0.338 e. The van der Waals surface area contributed by atoms with Gasteiger partial charge in [-0.3, -0.25) is 9.59 Å². The van der Waals surface area contributed by atoms with E-state index >= 15 is 0 Å². The molecule has 0 spiro atoms. The van der Waals surface area contributed by atoms with Gasteiger partial charge >= 0.3 is 5.97 Å². The molecule has 0 atom stereocenters. The number of benzene rings is 3. The molecule has 1 aromatic heterocycles. The Morgan fingerprint density at radius 1 is 0.972 bits per heavy atom. The zero-order chi connectivity index (χ0) is 25.5. The van der Waals surface area contributed by atoms with Crippen molar-refractivity contribution in [2.75, 3.05) is 20.3 Å². The first-order chi connectivity index (χ1) is 17.4. The summed E-state index contributed by atoms with van der Waals surface area (Å²) in [6.07, 6.45) is 0.233. The zero-order valence-corrected chi connectivity index (χ0v) is 20.2. The summed E-state index contributed by atoms with van der Waals surface area (Å²) in [5.74, 6) is 0.266. The van der Waals surface area contributed by atoms with Crippen LogP contribution in [0.15, 0.2) is 77.6 Å². The molecule has 0 aliphatic rings. The molecule has 0 aliphatic carbocycles. The van der Waals surface area contributed by atoms with Crippen LogP contribution in [0.1, 0.15) is 34.2 Å². The topological polar surface area (TPSA) is 102 Å². The van der Waals surface area contributed by atoms with Crippen LogP contribution in [0.2, 0.25) is 0 Å². The van der Waals surface area contributed by atoms with Gasteiger partial charge in [0, 0.05) is 20.0 Å². The number of nitrogens with zero attached hydrogens (tertiary/aromatic N) is 2. The summed E-state index contributed by atoms with van der Waals surface area (Å²) in [7, 11) is 1.66. The van der Waals surface area contributed by atoms with Crippen LogP contribution in [-0.2, 0) is 22.5 Å². The number of rotatable bonds is 9. The molecule has 184 valence electrons. The van der Waals surface area contributed by atoms with Crippen molar-refractivity contribution in [1.29, 1.82) is 0 Å². The number of hydrogen-bond acceptors (Lipinski definition) is 6. The van der Waals surface area contributed by atoms with E-state index < -0.39 is 5.97 Å². The molecule has 0 bridgehead atoms. The summed E-state index contributed by atoms with van der Waals surface area (Å²) in [5, 5.41) is 0.502. The summed E-state index contributed by atoms with van der Waals surface area (Å²) in [6, 6.07) is 21.5. The van der Waals surface area contributed by atoms with E-state index in [-0.39, 0.29) is 24.5 Å². The molecule has 0 saturated carbocycles. The Morgan fingerprint density at radius 2 is 1.69 bits per heavy atom. The lowest BCUT2D eigenvalue weighted by atomic mass is 10.0. The SMILES string of the molecule is CCOc1ccc(CN(C)C(=O)COC(=O)c2ccccc2Cc2nc3ccccc3c(=O)[nH]2)cc1. The van der Waals surface area contributed by atoms with E-state index in [0.29, 0.717) is 41.0 Å². The quantitative estimate of drug-likeness (QED) is 0.363.